The molecule has 0 atom stereocenters. The molecule has 0 rings (SSSR count). The van der Waals surface area contributed by atoms with Gasteiger partial charge in [-0.3, -0.25) is 9.59 Å². The van der Waals surface area contributed by atoms with Gasteiger partial charge in [0.1, 0.15) is 0 Å². The third-order valence-corrected chi connectivity index (χ3v) is 2.69. The van der Waals surface area contributed by atoms with E-state index in [2.05, 4.69) is 0 Å². The molecular formula is C12H16F6O2. The van der Waals surface area contributed by atoms with Gasteiger partial charge in [0.25, 0.3) is 0 Å². The Morgan fingerprint density at radius 3 is 1.05 bits per heavy atom. The zero-order valence-electron chi connectivity index (χ0n) is 10.7. The van der Waals surface area contributed by atoms with Gasteiger partial charge in [-0.1, -0.05) is 25.7 Å². The van der Waals surface area contributed by atoms with Gasteiger partial charge in [-0.25, -0.2) is 0 Å². The van der Waals surface area contributed by atoms with Crippen molar-refractivity contribution < 1.29 is 35.9 Å². The van der Waals surface area contributed by atoms with Crippen molar-refractivity contribution >= 4 is 11.6 Å². The van der Waals surface area contributed by atoms with E-state index >= 15 is 0 Å². The number of alkyl halides is 6. The van der Waals surface area contributed by atoms with E-state index in [9.17, 15) is 35.9 Å². The van der Waals surface area contributed by atoms with Crippen LogP contribution < -0.4 is 0 Å². The Morgan fingerprint density at radius 1 is 0.550 bits per heavy atom. The molecule has 0 saturated heterocycles. The van der Waals surface area contributed by atoms with Gasteiger partial charge in [0.2, 0.25) is 11.6 Å². The first-order valence-electron chi connectivity index (χ1n) is 6.25. The maximum Gasteiger partial charge on any atom is 0.449 e. The van der Waals surface area contributed by atoms with Crippen molar-refractivity contribution in [2.45, 2.75) is 63.7 Å². The molecule has 0 saturated carbocycles. The Bertz CT molecular complexity index is 287. The topological polar surface area (TPSA) is 34.1 Å². The second-order valence-corrected chi connectivity index (χ2v) is 4.46. The van der Waals surface area contributed by atoms with Crippen LogP contribution in [0.25, 0.3) is 0 Å². The van der Waals surface area contributed by atoms with Gasteiger partial charge in [0, 0.05) is 12.8 Å². The van der Waals surface area contributed by atoms with Crippen molar-refractivity contribution in [3.05, 3.63) is 0 Å². The van der Waals surface area contributed by atoms with Gasteiger partial charge in [-0.2, -0.15) is 26.3 Å². The monoisotopic (exact) mass is 306 g/mol. The van der Waals surface area contributed by atoms with E-state index in [1.807, 2.05) is 0 Å². The Morgan fingerprint density at radius 2 is 0.800 bits per heavy atom. The van der Waals surface area contributed by atoms with E-state index in [0.717, 1.165) is 0 Å². The minimum absolute atomic E-state index is 0.111. The summed E-state index contributed by atoms with van der Waals surface area (Å²) in [7, 11) is 0. The Hall–Kier alpha value is -1.08. The number of hydrogen-bond donors (Lipinski definition) is 0. The van der Waals surface area contributed by atoms with Crippen LogP contribution in [0.4, 0.5) is 26.3 Å². The fourth-order valence-electron chi connectivity index (χ4n) is 1.56. The number of Topliss-reactive ketones (excluding diaryl/α,β-unsaturated/α-hetero) is 2. The third kappa shape index (κ3) is 8.92. The SMILES string of the molecule is O=C(CCCCCCCCC(=O)C(F)(F)F)C(F)(F)F. The molecule has 0 N–H and O–H groups in total. The van der Waals surface area contributed by atoms with Crippen LogP contribution in [0.3, 0.4) is 0 Å². The highest BCUT2D eigenvalue weighted by Gasteiger charge is 2.37. The lowest BCUT2D eigenvalue weighted by molar-refractivity contribution is -0.171. The van der Waals surface area contributed by atoms with Crippen LogP contribution >= 0.6 is 0 Å². The summed E-state index contributed by atoms with van der Waals surface area (Å²) in [6.07, 6.45) is -8.59. The largest absolute Gasteiger partial charge is 0.449 e. The molecule has 0 aromatic rings. The fourth-order valence-corrected chi connectivity index (χ4v) is 1.56. The van der Waals surface area contributed by atoms with E-state index in [0.29, 0.717) is 25.7 Å². The molecule has 0 unspecified atom stereocenters. The quantitative estimate of drug-likeness (QED) is 0.468. The van der Waals surface area contributed by atoms with E-state index < -0.39 is 36.8 Å². The Kier molecular flexibility index (Phi) is 7.82. The van der Waals surface area contributed by atoms with E-state index in [1.54, 1.807) is 0 Å². The number of rotatable bonds is 9. The first-order valence-corrected chi connectivity index (χ1v) is 6.25. The summed E-state index contributed by atoms with van der Waals surface area (Å²) in [5, 5.41) is 0. The zero-order valence-corrected chi connectivity index (χ0v) is 10.7. The molecule has 8 heteroatoms. The number of halogens is 6. The van der Waals surface area contributed by atoms with E-state index in [1.165, 1.54) is 0 Å². The van der Waals surface area contributed by atoms with Crippen LogP contribution in [0.5, 0.6) is 0 Å². The molecule has 118 valence electrons. The van der Waals surface area contributed by atoms with Crippen LogP contribution in [0.15, 0.2) is 0 Å². The van der Waals surface area contributed by atoms with Crippen LogP contribution in [0.2, 0.25) is 0 Å². The van der Waals surface area contributed by atoms with Gasteiger partial charge in [0.15, 0.2) is 0 Å². The number of carbonyl (C=O) groups excluding carboxylic acids is 2. The first kappa shape index (κ1) is 18.9. The van der Waals surface area contributed by atoms with Crippen LogP contribution in [0.1, 0.15) is 51.4 Å². The highest BCUT2D eigenvalue weighted by atomic mass is 19.4. The van der Waals surface area contributed by atoms with Crippen molar-refractivity contribution in [2.75, 3.05) is 0 Å². The second-order valence-electron chi connectivity index (χ2n) is 4.46. The molecule has 0 aliphatic carbocycles. The third-order valence-electron chi connectivity index (χ3n) is 2.69. The maximum absolute atomic E-state index is 11.8. The maximum atomic E-state index is 11.8. The minimum atomic E-state index is -4.79. The van der Waals surface area contributed by atoms with E-state index in [-0.39, 0.29) is 12.8 Å². The summed E-state index contributed by atoms with van der Waals surface area (Å²) < 4.78 is 70.9. The molecule has 0 heterocycles. The standard InChI is InChI=1S/C12H16F6O2/c13-11(14,15)9(19)7-5-3-1-2-4-6-8-10(20)12(16,17)18/h1-8H2. The number of ketones is 2. The summed E-state index contributed by atoms with van der Waals surface area (Å²) in [4.78, 5) is 21.0. The van der Waals surface area contributed by atoms with Gasteiger partial charge in [-0.15, -0.1) is 0 Å². The summed E-state index contributed by atoms with van der Waals surface area (Å²) in [6, 6.07) is 0. The molecule has 0 radical (unpaired) electrons. The summed E-state index contributed by atoms with van der Waals surface area (Å²) in [5.41, 5.74) is 0. The molecule has 0 bridgehead atoms. The number of unbranched alkanes of at least 4 members (excludes halogenated alkanes) is 5. The Labute approximate surface area is 112 Å². The first-order chi connectivity index (χ1) is 9.05. The lowest BCUT2D eigenvalue weighted by atomic mass is 10.1. The second kappa shape index (κ2) is 8.26. The van der Waals surface area contributed by atoms with Gasteiger partial charge < -0.3 is 0 Å². The average molecular weight is 306 g/mol. The molecule has 0 aliphatic rings. The van der Waals surface area contributed by atoms with Gasteiger partial charge >= 0.3 is 12.4 Å². The molecule has 20 heavy (non-hydrogen) atoms. The molecular weight excluding hydrogens is 290 g/mol. The van der Waals surface area contributed by atoms with Gasteiger partial charge in [-0.05, 0) is 12.8 Å². The van der Waals surface area contributed by atoms with Crippen molar-refractivity contribution in [1.82, 2.24) is 0 Å². The predicted octanol–water partition coefficient (Wildman–Crippen LogP) is 4.37. The highest BCUT2D eigenvalue weighted by Crippen LogP contribution is 2.21. The molecule has 0 aromatic heterocycles. The minimum Gasteiger partial charge on any atom is -0.290 e. The smallest absolute Gasteiger partial charge is 0.290 e. The zero-order chi connectivity index (χ0) is 15.8. The number of carbonyl (C=O) groups is 2. The van der Waals surface area contributed by atoms with Crippen LogP contribution in [0, 0.1) is 0 Å². The van der Waals surface area contributed by atoms with Crippen molar-refractivity contribution in [2.24, 2.45) is 0 Å². The lowest BCUT2D eigenvalue weighted by Crippen LogP contribution is -2.22. The predicted molar refractivity (Wildman–Crippen MR) is 59.1 cm³/mol. The van der Waals surface area contributed by atoms with E-state index in [4.69, 9.17) is 0 Å². The molecule has 0 amide bonds. The highest BCUT2D eigenvalue weighted by molar-refractivity contribution is 5.84. The molecule has 2 nitrogen and oxygen atoms in total. The van der Waals surface area contributed by atoms with Crippen molar-refractivity contribution in [3.63, 3.8) is 0 Å². The van der Waals surface area contributed by atoms with Crippen molar-refractivity contribution in [3.8, 4) is 0 Å². The Balaban J connectivity index is 3.47. The van der Waals surface area contributed by atoms with Crippen LogP contribution in [-0.2, 0) is 9.59 Å². The number of hydrogen-bond acceptors (Lipinski definition) is 2. The molecule has 0 aliphatic heterocycles. The lowest BCUT2D eigenvalue weighted by Gasteiger charge is -2.05. The average Bonchev–Trinajstić information content (AvgIpc) is 2.29. The normalized spacial score (nSPS) is 12.5. The summed E-state index contributed by atoms with van der Waals surface area (Å²) >= 11 is 0. The fraction of sp³-hybridized carbons (Fsp3) is 0.833. The van der Waals surface area contributed by atoms with Crippen molar-refractivity contribution in [1.29, 1.82) is 0 Å². The van der Waals surface area contributed by atoms with Crippen LogP contribution in [-0.4, -0.2) is 23.9 Å². The summed E-state index contributed by atoms with van der Waals surface area (Å²) in [5.74, 6) is -3.51. The molecule has 0 fully saturated rings. The molecule has 0 spiro atoms. The van der Waals surface area contributed by atoms with Gasteiger partial charge in [0.05, 0.1) is 0 Å². The molecule has 0 aromatic carbocycles. The summed E-state index contributed by atoms with van der Waals surface area (Å²) in [6.45, 7) is 0.